The van der Waals surface area contributed by atoms with E-state index in [0.717, 1.165) is 38.8 Å². The van der Waals surface area contributed by atoms with E-state index < -0.39 is 12.5 Å². The van der Waals surface area contributed by atoms with Gasteiger partial charge in [-0.05, 0) is 73.8 Å². The number of ether oxygens (including phenoxy) is 1. The van der Waals surface area contributed by atoms with Crippen LogP contribution in [0.15, 0.2) is 60.8 Å². The number of amides is 1. The first kappa shape index (κ1) is 31.8. The Kier molecular flexibility index (Phi) is 11.5. The maximum absolute atomic E-state index is 13.8. The summed E-state index contributed by atoms with van der Waals surface area (Å²) in [6, 6.07) is 17.6. The molecule has 0 radical (unpaired) electrons. The molecular formula is C35H43ClN4O4. The van der Waals surface area contributed by atoms with Crippen molar-refractivity contribution in [1.82, 2.24) is 14.9 Å². The SMILES string of the molecule is O=C(O)CN(CCOc1ccc(Cl)cc1)C(=O)c1cnc(N2CCC(Cc3ccccc3)CC2)nc1CCC1CCCCC1. The quantitative estimate of drug-likeness (QED) is 0.227. The molecule has 1 aromatic heterocycles. The van der Waals surface area contributed by atoms with Crippen LogP contribution in [0.5, 0.6) is 5.75 Å². The Balaban J connectivity index is 1.29. The van der Waals surface area contributed by atoms with Crippen LogP contribution in [0.1, 0.15) is 73.0 Å². The Morgan fingerprint density at radius 2 is 1.68 bits per heavy atom. The highest BCUT2D eigenvalue weighted by molar-refractivity contribution is 6.30. The van der Waals surface area contributed by atoms with Crippen molar-refractivity contribution >= 4 is 29.4 Å². The van der Waals surface area contributed by atoms with Gasteiger partial charge in [-0.2, -0.15) is 0 Å². The van der Waals surface area contributed by atoms with E-state index in [0.29, 0.717) is 46.2 Å². The number of carboxylic acids is 1. The molecule has 1 aliphatic carbocycles. The molecule has 2 fully saturated rings. The summed E-state index contributed by atoms with van der Waals surface area (Å²) in [5.74, 6) is 1.06. The molecular weight excluding hydrogens is 576 g/mol. The first-order valence-corrected chi connectivity index (χ1v) is 16.4. The predicted octanol–water partition coefficient (Wildman–Crippen LogP) is 6.71. The van der Waals surface area contributed by atoms with E-state index in [9.17, 15) is 14.7 Å². The standard InChI is InChI=1S/C35H43ClN4O4/c36-29-12-14-30(15-13-29)44-22-21-40(25-33(41)42)34(43)31-24-37-35(38-32(31)16-11-26-7-3-1-4-8-26)39-19-17-28(18-20-39)23-27-9-5-2-6-10-27/h2,5-6,9-10,12-15,24,26,28H,1,3-4,7-8,11,16-23,25H2,(H,41,42). The second kappa shape index (κ2) is 15.9. The van der Waals surface area contributed by atoms with Gasteiger partial charge in [0.05, 0.1) is 17.8 Å². The van der Waals surface area contributed by atoms with Crippen molar-refractivity contribution in [1.29, 1.82) is 0 Å². The summed E-state index contributed by atoms with van der Waals surface area (Å²) in [6.45, 7) is 1.59. The van der Waals surface area contributed by atoms with Crippen molar-refractivity contribution in [2.45, 2.75) is 64.2 Å². The van der Waals surface area contributed by atoms with E-state index in [1.165, 1.54) is 42.6 Å². The molecule has 2 aliphatic rings. The maximum atomic E-state index is 13.8. The Morgan fingerprint density at radius 3 is 2.39 bits per heavy atom. The number of piperidine rings is 1. The zero-order chi connectivity index (χ0) is 30.7. The third-order valence-corrected chi connectivity index (χ3v) is 9.17. The third kappa shape index (κ3) is 9.18. The molecule has 0 atom stereocenters. The molecule has 1 saturated heterocycles. The monoisotopic (exact) mass is 618 g/mol. The van der Waals surface area contributed by atoms with Gasteiger partial charge in [-0.25, -0.2) is 9.97 Å². The Hall–Kier alpha value is -3.65. The minimum atomic E-state index is -1.08. The molecule has 0 spiro atoms. The van der Waals surface area contributed by atoms with Crippen LogP contribution in [0.3, 0.4) is 0 Å². The molecule has 3 aromatic rings. The number of carbonyl (C=O) groups is 2. The Labute approximate surface area is 265 Å². The molecule has 2 heterocycles. The third-order valence-electron chi connectivity index (χ3n) is 8.92. The van der Waals surface area contributed by atoms with Gasteiger partial charge in [0.15, 0.2) is 0 Å². The topological polar surface area (TPSA) is 95.9 Å². The number of rotatable bonds is 13. The van der Waals surface area contributed by atoms with Crippen molar-refractivity contribution in [2.24, 2.45) is 11.8 Å². The van der Waals surface area contributed by atoms with Crippen LogP contribution in [0.2, 0.25) is 5.02 Å². The summed E-state index contributed by atoms with van der Waals surface area (Å²) >= 11 is 5.96. The summed E-state index contributed by atoms with van der Waals surface area (Å²) in [7, 11) is 0. The van der Waals surface area contributed by atoms with E-state index in [1.807, 2.05) is 0 Å². The molecule has 9 heteroatoms. The summed E-state index contributed by atoms with van der Waals surface area (Å²) < 4.78 is 5.78. The number of aryl methyl sites for hydroxylation is 1. The summed E-state index contributed by atoms with van der Waals surface area (Å²) in [5.41, 5.74) is 2.47. The van der Waals surface area contributed by atoms with Crippen LogP contribution in [0.4, 0.5) is 5.95 Å². The summed E-state index contributed by atoms with van der Waals surface area (Å²) in [5, 5.41) is 10.2. The molecule has 8 nitrogen and oxygen atoms in total. The lowest BCUT2D eigenvalue weighted by Crippen LogP contribution is -2.39. The van der Waals surface area contributed by atoms with Crippen LogP contribution < -0.4 is 9.64 Å². The molecule has 44 heavy (non-hydrogen) atoms. The van der Waals surface area contributed by atoms with Gasteiger partial charge in [0.1, 0.15) is 18.9 Å². The maximum Gasteiger partial charge on any atom is 0.323 e. The summed E-state index contributed by atoms with van der Waals surface area (Å²) in [6.07, 6.45) is 12.7. The highest BCUT2D eigenvalue weighted by Crippen LogP contribution is 2.29. The number of benzene rings is 2. The number of hydrogen-bond acceptors (Lipinski definition) is 6. The Morgan fingerprint density at radius 1 is 0.955 bits per heavy atom. The molecule has 1 aliphatic heterocycles. The molecule has 1 N–H and O–H groups in total. The molecule has 234 valence electrons. The van der Waals surface area contributed by atoms with Crippen molar-refractivity contribution < 1.29 is 19.4 Å². The zero-order valence-electron chi connectivity index (χ0n) is 25.4. The van der Waals surface area contributed by atoms with Crippen molar-refractivity contribution in [3.05, 3.63) is 82.6 Å². The first-order valence-electron chi connectivity index (χ1n) is 16.0. The molecule has 0 bridgehead atoms. The number of carbonyl (C=O) groups excluding carboxylic acids is 1. The molecule has 5 rings (SSSR count). The number of hydrogen-bond donors (Lipinski definition) is 1. The fourth-order valence-corrected chi connectivity index (χ4v) is 6.55. The first-order chi connectivity index (χ1) is 21.4. The second-order valence-electron chi connectivity index (χ2n) is 12.1. The van der Waals surface area contributed by atoms with E-state index >= 15 is 0 Å². The van der Waals surface area contributed by atoms with E-state index in [4.69, 9.17) is 21.3 Å². The van der Waals surface area contributed by atoms with Crippen LogP contribution >= 0.6 is 11.6 Å². The van der Waals surface area contributed by atoms with Crippen molar-refractivity contribution in [3.63, 3.8) is 0 Å². The van der Waals surface area contributed by atoms with Gasteiger partial charge in [0.2, 0.25) is 5.95 Å². The van der Waals surface area contributed by atoms with Crippen LogP contribution in [0, 0.1) is 11.8 Å². The number of aliphatic carboxylic acids is 1. The van der Waals surface area contributed by atoms with Gasteiger partial charge in [-0.1, -0.05) is 74.0 Å². The van der Waals surface area contributed by atoms with Crippen LogP contribution in [-0.4, -0.2) is 64.6 Å². The largest absolute Gasteiger partial charge is 0.492 e. The lowest BCUT2D eigenvalue weighted by Gasteiger charge is -2.32. The highest BCUT2D eigenvalue weighted by Gasteiger charge is 2.26. The average molecular weight is 619 g/mol. The van der Waals surface area contributed by atoms with Gasteiger partial charge in [-0.3, -0.25) is 9.59 Å². The summed E-state index contributed by atoms with van der Waals surface area (Å²) in [4.78, 5) is 38.8. The van der Waals surface area contributed by atoms with Gasteiger partial charge < -0.3 is 19.6 Å². The molecule has 0 unspecified atom stereocenters. The number of nitrogens with zero attached hydrogens (tertiary/aromatic N) is 4. The minimum absolute atomic E-state index is 0.118. The Bertz CT molecular complexity index is 1360. The van der Waals surface area contributed by atoms with Gasteiger partial charge in [0, 0.05) is 24.3 Å². The molecule has 1 amide bonds. The fourth-order valence-electron chi connectivity index (χ4n) is 6.42. The number of carboxylic acid groups (broad SMARTS) is 1. The predicted molar refractivity (Wildman–Crippen MR) is 172 cm³/mol. The van der Waals surface area contributed by atoms with Crippen LogP contribution in [-0.2, 0) is 17.6 Å². The van der Waals surface area contributed by atoms with Gasteiger partial charge in [0.25, 0.3) is 5.91 Å². The lowest BCUT2D eigenvalue weighted by atomic mass is 9.85. The smallest absolute Gasteiger partial charge is 0.323 e. The second-order valence-corrected chi connectivity index (χ2v) is 12.6. The van der Waals surface area contributed by atoms with Crippen LogP contribution in [0.25, 0.3) is 0 Å². The van der Waals surface area contributed by atoms with Crippen molar-refractivity contribution in [3.8, 4) is 5.75 Å². The fraction of sp³-hybridized carbons (Fsp3) is 0.486. The van der Waals surface area contributed by atoms with E-state index in [2.05, 4.69) is 40.2 Å². The van der Waals surface area contributed by atoms with E-state index in [1.54, 1.807) is 30.5 Å². The number of anilines is 1. The van der Waals surface area contributed by atoms with E-state index in [-0.39, 0.29) is 19.1 Å². The van der Waals surface area contributed by atoms with Gasteiger partial charge >= 0.3 is 5.97 Å². The van der Waals surface area contributed by atoms with Crippen molar-refractivity contribution in [2.75, 3.05) is 37.7 Å². The molecule has 1 saturated carbocycles. The van der Waals surface area contributed by atoms with Gasteiger partial charge in [-0.15, -0.1) is 0 Å². The number of halogens is 1. The molecule has 2 aromatic carbocycles. The average Bonchev–Trinajstić information content (AvgIpc) is 3.05. The number of aromatic nitrogens is 2. The normalized spacial score (nSPS) is 16.1. The lowest BCUT2D eigenvalue weighted by molar-refractivity contribution is -0.137. The highest BCUT2D eigenvalue weighted by atomic mass is 35.5. The minimum Gasteiger partial charge on any atom is -0.492 e. The zero-order valence-corrected chi connectivity index (χ0v) is 26.1.